The molecule has 0 heterocycles. The molecule has 0 aliphatic heterocycles. The van der Waals surface area contributed by atoms with Crippen LogP contribution in [0.15, 0.2) is 36.4 Å². The topological polar surface area (TPSA) is 56.8 Å². The van der Waals surface area contributed by atoms with Crippen molar-refractivity contribution in [3.05, 3.63) is 53.1 Å². The summed E-state index contributed by atoms with van der Waals surface area (Å²) in [6, 6.07) is 11.4. The summed E-state index contributed by atoms with van der Waals surface area (Å²) in [5.41, 5.74) is 3.60. The first-order chi connectivity index (χ1) is 13.1. The molecule has 5 heteroatoms. The van der Waals surface area contributed by atoms with Crippen LogP contribution in [0.2, 0.25) is 0 Å². The molecule has 27 heavy (non-hydrogen) atoms. The highest BCUT2D eigenvalue weighted by Gasteiger charge is 2.16. The molecule has 1 unspecified atom stereocenters. The van der Waals surface area contributed by atoms with Gasteiger partial charge in [-0.3, -0.25) is 4.79 Å². The molecule has 0 bridgehead atoms. The zero-order valence-corrected chi connectivity index (χ0v) is 16.2. The van der Waals surface area contributed by atoms with E-state index < -0.39 is 0 Å². The van der Waals surface area contributed by atoms with E-state index in [1.165, 1.54) is 24.0 Å². The Bertz CT molecular complexity index is 803. The van der Waals surface area contributed by atoms with Gasteiger partial charge in [-0.1, -0.05) is 6.07 Å². The molecule has 144 valence electrons. The molecule has 3 rings (SSSR count). The first-order valence-corrected chi connectivity index (χ1v) is 9.36. The van der Waals surface area contributed by atoms with Gasteiger partial charge in [0.05, 0.1) is 20.3 Å². The Morgan fingerprint density at radius 2 is 1.74 bits per heavy atom. The van der Waals surface area contributed by atoms with Crippen LogP contribution in [0.3, 0.4) is 0 Å². The quantitative estimate of drug-likeness (QED) is 0.806. The van der Waals surface area contributed by atoms with Crippen molar-refractivity contribution in [3.63, 3.8) is 0 Å². The number of rotatable bonds is 7. The summed E-state index contributed by atoms with van der Waals surface area (Å²) in [6.45, 7) is 1.89. The third-order valence-corrected chi connectivity index (χ3v) is 4.97. The number of amides is 1. The van der Waals surface area contributed by atoms with Crippen LogP contribution in [0.5, 0.6) is 17.2 Å². The summed E-state index contributed by atoms with van der Waals surface area (Å²) >= 11 is 0. The largest absolute Gasteiger partial charge is 0.497 e. The zero-order chi connectivity index (χ0) is 19.2. The number of fused-ring (bicyclic) bond motifs is 1. The minimum absolute atomic E-state index is 0.0184. The van der Waals surface area contributed by atoms with Crippen LogP contribution in [0.4, 0.5) is 0 Å². The molecule has 2 aromatic carbocycles. The summed E-state index contributed by atoms with van der Waals surface area (Å²) in [5, 5.41) is 2.96. The highest BCUT2D eigenvalue weighted by molar-refractivity contribution is 5.78. The molecule has 0 aromatic heterocycles. The van der Waals surface area contributed by atoms with E-state index >= 15 is 0 Å². The molecule has 0 spiro atoms. The van der Waals surface area contributed by atoms with E-state index in [-0.39, 0.29) is 18.6 Å². The Kier molecular flexibility index (Phi) is 6.22. The van der Waals surface area contributed by atoms with Gasteiger partial charge >= 0.3 is 0 Å². The molecule has 0 fully saturated rings. The Morgan fingerprint density at radius 3 is 2.48 bits per heavy atom. The average Bonchev–Trinajstić information content (AvgIpc) is 2.71. The smallest absolute Gasteiger partial charge is 0.258 e. The first kappa shape index (κ1) is 19.1. The Morgan fingerprint density at radius 1 is 1.00 bits per heavy atom. The Balaban J connectivity index is 1.59. The van der Waals surface area contributed by atoms with Crippen LogP contribution < -0.4 is 19.5 Å². The number of aryl methyl sites for hydroxylation is 2. The van der Waals surface area contributed by atoms with E-state index in [9.17, 15) is 4.79 Å². The fourth-order valence-corrected chi connectivity index (χ4v) is 3.49. The maximum atomic E-state index is 12.3. The van der Waals surface area contributed by atoms with Crippen molar-refractivity contribution in [3.8, 4) is 17.2 Å². The van der Waals surface area contributed by atoms with Crippen molar-refractivity contribution in [2.75, 3.05) is 20.8 Å². The fourth-order valence-electron chi connectivity index (χ4n) is 3.49. The van der Waals surface area contributed by atoms with Gasteiger partial charge < -0.3 is 19.5 Å². The average molecular weight is 369 g/mol. The molecule has 1 aliphatic carbocycles. The van der Waals surface area contributed by atoms with Crippen LogP contribution >= 0.6 is 0 Å². The molecular formula is C22H27NO4. The van der Waals surface area contributed by atoms with Gasteiger partial charge in [0.25, 0.3) is 5.91 Å². The standard InChI is InChI=1S/C22H27NO4/c1-15(20-13-18(25-2)10-11-21(20)26-3)23-22(24)14-27-19-9-8-16-6-4-5-7-17(16)12-19/h8-13,15H,4-7,14H2,1-3H3,(H,23,24). The van der Waals surface area contributed by atoms with E-state index in [2.05, 4.69) is 17.4 Å². The number of methoxy groups -OCH3 is 2. The molecular weight excluding hydrogens is 342 g/mol. The lowest BCUT2D eigenvalue weighted by molar-refractivity contribution is -0.123. The monoisotopic (exact) mass is 369 g/mol. The number of hydrogen-bond acceptors (Lipinski definition) is 4. The van der Waals surface area contributed by atoms with Crippen molar-refractivity contribution in [1.29, 1.82) is 0 Å². The maximum absolute atomic E-state index is 12.3. The minimum atomic E-state index is -0.227. The van der Waals surface area contributed by atoms with Crippen molar-refractivity contribution in [2.45, 2.75) is 38.6 Å². The second kappa shape index (κ2) is 8.80. The number of carbonyl (C=O) groups excluding carboxylic acids is 1. The first-order valence-electron chi connectivity index (χ1n) is 9.36. The molecule has 1 amide bonds. The Labute approximate surface area is 160 Å². The van der Waals surface area contributed by atoms with Gasteiger partial charge in [0.1, 0.15) is 17.2 Å². The molecule has 1 N–H and O–H groups in total. The van der Waals surface area contributed by atoms with Gasteiger partial charge in [-0.05, 0) is 74.1 Å². The molecule has 1 atom stereocenters. The van der Waals surface area contributed by atoms with E-state index in [4.69, 9.17) is 14.2 Å². The lowest BCUT2D eigenvalue weighted by Gasteiger charge is -2.19. The van der Waals surface area contributed by atoms with Gasteiger partial charge in [0, 0.05) is 5.56 Å². The van der Waals surface area contributed by atoms with Crippen LogP contribution in [-0.2, 0) is 17.6 Å². The minimum Gasteiger partial charge on any atom is -0.497 e. The van der Waals surface area contributed by atoms with Crippen LogP contribution in [0, 0.1) is 0 Å². The van der Waals surface area contributed by atoms with E-state index in [1.807, 2.05) is 31.2 Å². The SMILES string of the molecule is COc1ccc(OC)c(C(C)NC(=O)COc2ccc3c(c2)CCCC3)c1. The Hall–Kier alpha value is -2.69. The van der Waals surface area contributed by atoms with Crippen molar-refractivity contribution < 1.29 is 19.0 Å². The predicted molar refractivity (Wildman–Crippen MR) is 105 cm³/mol. The van der Waals surface area contributed by atoms with Gasteiger partial charge in [0.2, 0.25) is 0 Å². The number of hydrogen-bond donors (Lipinski definition) is 1. The number of nitrogens with one attached hydrogen (secondary N) is 1. The number of benzene rings is 2. The van der Waals surface area contributed by atoms with Crippen LogP contribution in [-0.4, -0.2) is 26.7 Å². The van der Waals surface area contributed by atoms with Crippen molar-refractivity contribution >= 4 is 5.91 Å². The summed E-state index contributed by atoms with van der Waals surface area (Å²) in [6.07, 6.45) is 4.69. The molecule has 5 nitrogen and oxygen atoms in total. The predicted octanol–water partition coefficient (Wildman–Crippen LogP) is 3.84. The molecule has 0 radical (unpaired) electrons. The lowest BCUT2D eigenvalue weighted by atomic mass is 9.92. The van der Waals surface area contributed by atoms with E-state index in [0.29, 0.717) is 5.75 Å². The molecule has 1 aliphatic rings. The summed E-state index contributed by atoms with van der Waals surface area (Å²) in [4.78, 5) is 12.3. The second-order valence-corrected chi connectivity index (χ2v) is 6.82. The summed E-state index contributed by atoms with van der Waals surface area (Å²) < 4.78 is 16.4. The zero-order valence-electron chi connectivity index (χ0n) is 16.2. The summed E-state index contributed by atoms with van der Waals surface area (Å²) in [5.74, 6) is 2.00. The van der Waals surface area contributed by atoms with Gasteiger partial charge in [-0.15, -0.1) is 0 Å². The third-order valence-electron chi connectivity index (χ3n) is 4.97. The highest BCUT2D eigenvalue weighted by Crippen LogP contribution is 2.29. The molecule has 0 saturated heterocycles. The van der Waals surface area contributed by atoms with Crippen LogP contribution in [0.25, 0.3) is 0 Å². The normalized spacial score (nSPS) is 14.0. The van der Waals surface area contributed by atoms with Gasteiger partial charge in [-0.2, -0.15) is 0 Å². The molecule has 0 saturated carbocycles. The fraction of sp³-hybridized carbons (Fsp3) is 0.409. The molecule has 2 aromatic rings. The second-order valence-electron chi connectivity index (χ2n) is 6.82. The van der Waals surface area contributed by atoms with Gasteiger partial charge in [0.15, 0.2) is 6.61 Å². The maximum Gasteiger partial charge on any atom is 0.258 e. The van der Waals surface area contributed by atoms with E-state index in [0.717, 1.165) is 29.9 Å². The van der Waals surface area contributed by atoms with Crippen molar-refractivity contribution in [2.24, 2.45) is 0 Å². The third kappa shape index (κ3) is 4.73. The van der Waals surface area contributed by atoms with Gasteiger partial charge in [-0.25, -0.2) is 0 Å². The van der Waals surface area contributed by atoms with E-state index in [1.54, 1.807) is 14.2 Å². The number of ether oxygens (including phenoxy) is 3. The lowest BCUT2D eigenvalue weighted by Crippen LogP contribution is -2.31. The summed E-state index contributed by atoms with van der Waals surface area (Å²) in [7, 11) is 3.22. The van der Waals surface area contributed by atoms with Crippen LogP contribution in [0.1, 0.15) is 42.5 Å². The highest BCUT2D eigenvalue weighted by atomic mass is 16.5. The van der Waals surface area contributed by atoms with Crippen molar-refractivity contribution in [1.82, 2.24) is 5.32 Å². The number of carbonyl (C=O) groups is 1.